The molecule has 1 aliphatic carbocycles. The second-order valence-electron chi connectivity index (χ2n) is 4.42. The van der Waals surface area contributed by atoms with Crippen LogP contribution in [0.2, 0.25) is 0 Å². The zero-order valence-electron chi connectivity index (χ0n) is 10.3. The summed E-state index contributed by atoms with van der Waals surface area (Å²) in [6.07, 6.45) is 5.45. The third-order valence-corrected chi connectivity index (χ3v) is 3.18. The summed E-state index contributed by atoms with van der Waals surface area (Å²) in [5.41, 5.74) is -0.0305. The van der Waals surface area contributed by atoms with Crippen LogP contribution in [-0.4, -0.2) is 35.4 Å². The van der Waals surface area contributed by atoms with Crippen molar-refractivity contribution in [2.45, 2.75) is 37.9 Å². The molecule has 98 valence electrons. The van der Waals surface area contributed by atoms with Crippen molar-refractivity contribution < 1.29 is 19.4 Å². The highest BCUT2D eigenvalue weighted by Crippen LogP contribution is 2.26. The van der Waals surface area contributed by atoms with E-state index in [4.69, 9.17) is 14.6 Å². The van der Waals surface area contributed by atoms with E-state index in [1.165, 1.54) is 6.20 Å². The van der Waals surface area contributed by atoms with Gasteiger partial charge in [0.2, 0.25) is 0 Å². The molecular weight excluding hydrogens is 234 g/mol. The molecule has 0 amide bonds. The number of carboxylic acid groups (broad SMARTS) is 1. The van der Waals surface area contributed by atoms with Crippen molar-refractivity contribution in [2.24, 2.45) is 0 Å². The number of hydrogen-bond acceptors (Lipinski definition) is 4. The minimum Gasteiger partial charge on any atom is -0.488 e. The standard InChI is InChI=1S/C13H17NO4/c1-17-9-4-2-5-10(8-9)18-11-6-3-7-14-12(11)13(15)16/h3,6-7,9-10H,2,4-5,8H2,1H3,(H,15,16). The molecular formula is C13H17NO4. The highest BCUT2D eigenvalue weighted by Gasteiger charge is 2.24. The Hall–Kier alpha value is -1.62. The Balaban J connectivity index is 2.07. The summed E-state index contributed by atoms with van der Waals surface area (Å²) in [4.78, 5) is 14.8. The smallest absolute Gasteiger partial charge is 0.358 e. The largest absolute Gasteiger partial charge is 0.488 e. The van der Waals surface area contributed by atoms with Crippen LogP contribution in [0.4, 0.5) is 0 Å². The third-order valence-electron chi connectivity index (χ3n) is 3.18. The molecule has 0 aliphatic heterocycles. The van der Waals surface area contributed by atoms with Gasteiger partial charge in [0.1, 0.15) is 6.10 Å². The molecule has 5 heteroatoms. The molecule has 0 aromatic carbocycles. The summed E-state index contributed by atoms with van der Waals surface area (Å²) >= 11 is 0. The van der Waals surface area contributed by atoms with E-state index < -0.39 is 5.97 Å². The Morgan fingerprint density at radius 2 is 2.22 bits per heavy atom. The number of hydrogen-bond donors (Lipinski definition) is 1. The van der Waals surface area contributed by atoms with Gasteiger partial charge in [-0.1, -0.05) is 0 Å². The maximum absolute atomic E-state index is 11.0. The molecule has 2 rings (SSSR count). The van der Waals surface area contributed by atoms with Gasteiger partial charge in [0.05, 0.1) is 6.10 Å². The van der Waals surface area contributed by atoms with Gasteiger partial charge in [-0.3, -0.25) is 0 Å². The number of pyridine rings is 1. The maximum atomic E-state index is 11.0. The summed E-state index contributed by atoms with van der Waals surface area (Å²) in [7, 11) is 1.69. The first-order chi connectivity index (χ1) is 8.70. The predicted octanol–water partition coefficient (Wildman–Crippen LogP) is 2.12. The van der Waals surface area contributed by atoms with E-state index in [2.05, 4.69) is 4.98 Å². The number of nitrogens with zero attached hydrogens (tertiary/aromatic N) is 1. The Labute approximate surface area is 106 Å². The number of aromatic carboxylic acids is 1. The third kappa shape index (κ3) is 2.98. The summed E-state index contributed by atoms with van der Waals surface area (Å²) < 4.78 is 11.1. The van der Waals surface area contributed by atoms with Crippen LogP contribution in [0.25, 0.3) is 0 Å². The SMILES string of the molecule is COC1CCCC(Oc2cccnc2C(=O)O)C1. The molecule has 1 fully saturated rings. The van der Waals surface area contributed by atoms with Gasteiger partial charge in [0.15, 0.2) is 11.4 Å². The quantitative estimate of drug-likeness (QED) is 0.887. The summed E-state index contributed by atoms with van der Waals surface area (Å²) in [5, 5.41) is 9.03. The molecule has 0 saturated heterocycles. The van der Waals surface area contributed by atoms with Crippen LogP contribution in [0, 0.1) is 0 Å². The first-order valence-electron chi connectivity index (χ1n) is 6.08. The fourth-order valence-corrected chi connectivity index (χ4v) is 2.25. The minimum atomic E-state index is -1.07. The summed E-state index contributed by atoms with van der Waals surface area (Å²) in [6.45, 7) is 0. The topological polar surface area (TPSA) is 68.7 Å². The van der Waals surface area contributed by atoms with Gasteiger partial charge in [-0.25, -0.2) is 9.78 Å². The molecule has 1 aromatic heterocycles. The fraction of sp³-hybridized carbons (Fsp3) is 0.538. The molecule has 0 spiro atoms. The molecule has 0 bridgehead atoms. The molecule has 1 aromatic rings. The van der Waals surface area contributed by atoms with Crippen LogP contribution < -0.4 is 4.74 Å². The van der Waals surface area contributed by atoms with Crippen LogP contribution in [0.5, 0.6) is 5.75 Å². The molecule has 18 heavy (non-hydrogen) atoms. The fourth-order valence-electron chi connectivity index (χ4n) is 2.25. The number of aromatic nitrogens is 1. The van der Waals surface area contributed by atoms with Gasteiger partial charge >= 0.3 is 5.97 Å². The van der Waals surface area contributed by atoms with Gasteiger partial charge < -0.3 is 14.6 Å². The number of ether oxygens (including phenoxy) is 2. The molecule has 2 unspecified atom stereocenters. The van der Waals surface area contributed by atoms with Crippen molar-refractivity contribution >= 4 is 5.97 Å². The maximum Gasteiger partial charge on any atom is 0.358 e. The van der Waals surface area contributed by atoms with Crippen LogP contribution in [0.1, 0.15) is 36.2 Å². The highest BCUT2D eigenvalue weighted by molar-refractivity contribution is 5.88. The lowest BCUT2D eigenvalue weighted by molar-refractivity contribution is 0.0203. The van der Waals surface area contributed by atoms with Crippen LogP contribution in [0.3, 0.4) is 0 Å². The number of carboxylic acids is 1. The second-order valence-corrected chi connectivity index (χ2v) is 4.42. The van der Waals surface area contributed by atoms with Gasteiger partial charge in [-0.15, -0.1) is 0 Å². The normalized spacial score (nSPS) is 23.6. The van der Waals surface area contributed by atoms with Crippen molar-refractivity contribution in [3.63, 3.8) is 0 Å². The van der Waals surface area contributed by atoms with E-state index in [1.807, 2.05) is 0 Å². The number of carbonyl (C=O) groups is 1. The first-order valence-corrected chi connectivity index (χ1v) is 6.08. The molecule has 2 atom stereocenters. The van der Waals surface area contributed by atoms with Gasteiger partial charge in [-0.05, 0) is 31.4 Å². The van der Waals surface area contributed by atoms with Gasteiger partial charge in [-0.2, -0.15) is 0 Å². The Morgan fingerprint density at radius 3 is 2.94 bits per heavy atom. The Bertz CT molecular complexity index is 421. The van der Waals surface area contributed by atoms with Crippen molar-refractivity contribution in [3.8, 4) is 5.75 Å². The van der Waals surface area contributed by atoms with Gasteiger partial charge in [0.25, 0.3) is 0 Å². The van der Waals surface area contributed by atoms with Crippen molar-refractivity contribution in [1.29, 1.82) is 0 Å². The van der Waals surface area contributed by atoms with E-state index in [-0.39, 0.29) is 17.9 Å². The zero-order valence-corrected chi connectivity index (χ0v) is 10.3. The number of methoxy groups -OCH3 is 1. The lowest BCUT2D eigenvalue weighted by Crippen LogP contribution is -2.30. The molecule has 1 saturated carbocycles. The second kappa shape index (κ2) is 5.82. The summed E-state index contributed by atoms with van der Waals surface area (Å²) in [6, 6.07) is 3.32. The van der Waals surface area contributed by atoms with Crippen LogP contribution >= 0.6 is 0 Å². The molecule has 5 nitrogen and oxygen atoms in total. The minimum absolute atomic E-state index is 0.00556. The Kier molecular flexibility index (Phi) is 4.15. The van der Waals surface area contributed by atoms with Crippen molar-refractivity contribution in [2.75, 3.05) is 7.11 Å². The van der Waals surface area contributed by atoms with E-state index in [0.717, 1.165) is 25.7 Å². The van der Waals surface area contributed by atoms with Crippen molar-refractivity contribution in [3.05, 3.63) is 24.0 Å². The lowest BCUT2D eigenvalue weighted by atomic mass is 9.95. The number of rotatable bonds is 4. The Morgan fingerprint density at radius 1 is 1.44 bits per heavy atom. The lowest BCUT2D eigenvalue weighted by Gasteiger charge is -2.28. The van der Waals surface area contributed by atoms with Crippen LogP contribution in [0.15, 0.2) is 18.3 Å². The monoisotopic (exact) mass is 251 g/mol. The van der Waals surface area contributed by atoms with E-state index in [0.29, 0.717) is 5.75 Å². The first kappa shape index (κ1) is 12.8. The van der Waals surface area contributed by atoms with Crippen molar-refractivity contribution in [1.82, 2.24) is 4.98 Å². The molecule has 1 aliphatic rings. The van der Waals surface area contributed by atoms with Crippen LogP contribution in [-0.2, 0) is 4.74 Å². The average molecular weight is 251 g/mol. The molecule has 1 heterocycles. The summed E-state index contributed by atoms with van der Waals surface area (Å²) in [5.74, 6) is -0.726. The predicted molar refractivity (Wildman–Crippen MR) is 64.9 cm³/mol. The van der Waals surface area contributed by atoms with Gasteiger partial charge in [0, 0.05) is 19.7 Å². The molecule has 1 N–H and O–H groups in total. The van der Waals surface area contributed by atoms with E-state index >= 15 is 0 Å². The molecule has 0 radical (unpaired) electrons. The zero-order chi connectivity index (χ0) is 13.0. The average Bonchev–Trinajstić information content (AvgIpc) is 2.39. The van der Waals surface area contributed by atoms with E-state index in [1.54, 1.807) is 19.2 Å². The highest BCUT2D eigenvalue weighted by atomic mass is 16.5. The van der Waals surface area contributed by atoms with E-state index in [9.17, 15) is 4.79 Å².